The Morgan fingerprint density at radius 1 is 1.06 bits per heavy atom. The lowest BCUT2D eigenvalue weighted by Gasteiger charge is -2.36. The van der Waals surface area contributed by atoms with Gasteiger partial charge in [-0.3, -0.25) is 9.59 Å². The number of fused-ring (bicyclic) bond motifs is 2. The molecular formula is C25H38N4O2. The van der Waals surface area contributed by atoms with Gasteiger partial charge in [-0.25, -0.2) is 0 Å². The molecule has 0 radical (unpaired) electrons. The van der Waals surface area contributed by atoms with Crippen molar-refractivity contribution >= 4 is 11.8 Å². The third kappa shape index (κ3) is 4.96. The molecule has 31 heavy (non-hydrogen) atoms. The zero-order valence-corrected chi connectivity index (χ0v) is 19.0. The number of amides is 2. The number of benzene rings is 1. The summed E-state index contributed by atoms with van der Waals surface area (Å²) in [5.41, 5.74) is 2.59. The maximum Gasteiger partial charge on any atom is 0.243 e. The smallest absolute Gasteiger partial charge is 0.243 e. The Balaban J connectivity index is 1.47. The Bertz CT molecular complexity index is 783. The molecular weight excluding hydrogens is 388 g/mol. The van der Waals surface area contributed by atoms with E-state index in [-0.39, 0.29) is 36.0 Å². The van der Waals surface area contributed by atoms with E-state index in [1.165, 1.54) is 11.1 Å². The van der Waals surface area contributed by atoms with Crippen LogP contribution in [0, 0.1) is 0 Å². The average Bonchev–Trinajstić information content (AvgIpc) is 3.20. The predicted octanol–water partition coefficient (Wildman–Crippen LogP) is 2.68. The van der Waals surface area contributed by atoms with Gasteiger partial charge in [-0.15, -0.1) is 0 Å². The number of hydrogen-bond acceptors (Lipinski definition) is 4. The van der Waals surface area contributed by atoms with Crippen molar-refractivity contribution in [1.29, 1.82) is 0 Å². The molecule has 2 saturated heterocycles. The molecule has 2 fully saturated rings. The van der Waals surface area contributed by atoms with Crippen LogP contribution in [0.4, 0.5) is 0 Å². The topological polar surface area (TPSA) is 73.5 Å². The molecule has 0 spiro atoms. The molecule has 6 nitrogen and oxygen atoms in total. The normalized spacial score (nSPS) is 29.5. The lowest BCUT2D eigenvalue weighted by atomic mass is 9.87. The maximum atomic E-state index is 13.5. The summed E-state index contributed by atoms with van der Waals surface area (Å²) in [7, 11) is 1.94. The summed E-state index contributed by atoms with van der Waals surface area (Å²) < 4.78 is 0. The number of hydrogen-bond donors (Lipinski definition) is 3. The van der Waals surface area contributed by atoms with Crippen LogP contribution in [0.1, 0.15) is 75.5 Å². The van der Waals surface area contributed by atoms with Crippen LogP contribution in [0.15, 0.2) is 24.3 Å². The molecule has 2 amide bonds. The lowest BCUT2D eigenvalue weighted by molar-refractivity contribution is -0.143. The number of carbonyl (C=O) groups excluding carboxylic acids is 2. The first-order chi connectivity index (χ1) is 15.1. The van der Waals surface area contributed by atoms with Crippen LogP contribution in [-0.2, 0) is 16.0 Å². The van der Waals surface area contributed by atoms with E-state index in [1.807, 2.05) is 11.9 Å². The molecule has 170 valence electrons. The molecule has 2 aliphatic heterocycles. The Morgan fingerprint density at radius 3 is 2.68 bits per heavy atom. The van der Waals surface area contributed by atoms with Crippen LogP contribution in [0.3, 0.4) is 0 Å². The van der Waals surface area contributed by atoms with Gasteiger partial charge in [0.05, 0.1) is 12.1 Å². The van der Waals surface area contributed by atoms with Crippen LogP contribution in [0.2, 0.25) is 0 Å². The SMILES string of the molecule is CN[C@@H](C)CN[C@H]1CCCC[C@@H]2CC[C@@H](C(=O)N[C@@H]3CCCc4ccccc43)N2C1=O. The largest absolute Gasteiger partial charge is 0.347 e. The minimum atomic E-state index is -0.337. The molecule has 0 unspecified atom stereocenters. The molecule has 5 atom stereocenters. The van der Waals surface area contributed by atoms with Crippen molar-refractivity contribution < 1.29 is 9.59 Å². The van der Waals surface area contributed by atoms with Crippen LogP contribution >= 0.6 is 0 Å². The molecule has 1 aromatic carbocycles. The first kappa shape index (κ1) is 22.3. The van der Waals surface area contributed by atoms with Crippen molar-refractivity contribution in [3.05, 3.63) is 35.4 Å². The zero-order chi connectivity index (χ0) is 21.8. The first-order valence-corrected chi connectivity index (χ1v) is 12.2. The van der Waals surface area contributed by atoms with E-state index < -0.39 is 0 Å². The third-order valence-corrected chi connectivity index (χ3v) is 7.49. The highest BCUT2D eigenvalue weighted by molar-refractivity contribution is 5.91. The maximum absolute atomic E-state index is 13.5. The highest BCUT2D eigenvalue weighted by atomic mass is 16.2. The second kappa shape index (κ2) is 10.1. The van der Waals surface area contributed by atoms with Gasteiger partial charge in [0.2, 0.25) is 11.8 Å². The van der Waals surface area contributed by atoms with Crippen LogP contribution in [0.5, 0.6) is 0 Å². The van der Waals surface area contributed by atoms with E-state index >= 15 is 0 Å². The molecule has 1 aliphatic carbocycles. The molecule has 6 heteroatoms. The van der Waals surface area contributed by atoms with Gasteiger partial charge in [-0.05, 0) is 70.0 Å². The number of carbonyl (C=O) groups is 2. The Kier molecular flexibility index (Phi) is 7.28. The quantitative estimate of drug-likeness (QED) is 0.654. The summed E-state index contributed by atoms with van der Waals surface area (Å²) in [6, 6.07) is 8.48. The van der Waals surface area contributed by atoms with Crippen LogP contribution < -0.4 is 16.0 Å². The minimum absolute atomic E-state index is 0.0282. The molecule has 2 heterocycles. The lowest BCUT2D eigenvalue weighted by Crippen LogP contribution is -2.56. The summed E-state index contributed by atoms with van der Waals surface area (Å²) in [5, 5.41) is 10.0. The molecule has 1 aromatic rings. The number of nitrogens with zero attached hydrogens (tertiary/aromatic N) is 1. The summed E-state index contributed by atoms with van der Waals surface area (Å²) in [5.74, 6) is 0.148. The summed E-state index contributed by atoms with van der Waals surface area (Å²) in [4.78, 5) is 28.9. The van der Waals surface area contributed by atoms with E-state index in [0.717, 1.165) is 64.3 Å². The predicted molar refractivity (Wildman–Crippen MR) is 123 cm³/mol. The number of likely N-dealkylation sites (N-methyl/N-ethyl adjacent to an activating group) is 1. The Hall–Kier alpha value is -1.92. The summed E-state index contributed by atoms with van der Waals surface area (Å²) in [6.07, 6.45) is 8.91. The van der Waals surface area contributed by atoms with Gasteiger partial charge in [0.25, 0.3) is 0 Å². The number of aryl methyl sites for hydroxylation is 1. The van der Waals surface area contributed by atoms with Crippen molar-refractivity contribution in [2.45, 2.75) is 94.9 Å². The van der Waals surface area contributed by atoms with Gasteiger partial charge in [0.15, 0.2) is 0 Å². The first-order valence-electron chi connectivity index (χ1n) is 12.2. The monoisotopic (exact) mass is 426 g/mol. The van der Waals surface area contributed by atoms with Gasteiger partial charge in [0.1, 0.15) is 6.04 Å². The summed E-state index contributed by atoms with van der Waals surface area (Å²) in [6.45, 7) is 2.86. The average molecular weight is 427 g/mol. The van der Waals surface area contributed by atoms with Crippen molar-refractivity contribution in [3.8, 4) is 0 Å². The van der Waals surface area contributed by atoms with Gasteiger partial charge < -0.3 is 20.9 Å². The van der Waals surface area contributed by atoms with E-state index in [2.05, 4.69) is 47.1 Å². The van der Waals surface area contributed by atoms with E-state index in [9.17, 15) is 9.59 Å². The fourth-order valence-corrected chi connectivity index (χ4v) is 5.57. The highest BCUT2D eigenvalue weighted by Crippen LogP contribution is 2.33. The van der Waals surface area contributed by atoms with Gasteiger partial charge in [0, 0.05) is 18.6 Å². The van der Waals surface area contributed by atoms with E-state index in [0.29, 0.717) is 6.04 Å². The summed E-state index contributed by atoms with van der Waals surface area (Å²) >= 11 is 0. The van der Waals surface area contributed by atoms with E-state index in [1.54, 1.807) is 0 Å². The Labute approximate surface area is 186 Å². The molecule has 0 saturated carbocycles. The van der Waals surface area contributed by atoms with Crippen molar-refractivity contribution in [3.63, 3.8) is 0 Å². The van der Waals surface area contributed by atoms with Gasteiger partial charge in [-0.2, -0.15) is 0 Å². The van der Waals surface area contributed by atoms with Crippen molar-refractivity contribution in [2.75, 3.05) is 13.6 Å². The number of rotatable bonds is 6. The van der Waals surface area contributed by atoms with Crippen LogP contribution in [0.25, 0.3) is 0 Å². The standard InChI is InChI=1S/C25H38N4O2/c1-17(26-2)16-27-22-12-6-4-10-19-14-15-23(29(19)25(22)31)24(30)28-21-13-7-9-18-8-3-5-11-20(18)21/h3,5,8,11,17,19,21-23,26-27H,4,6-7,9-10,12-16H2,1-2H3,(H,28,30)/t17-,19+,21+,22-,23-/m0/s1. The second-order valence-corrected chi connectivity index (χ2v) is 9.58. The van der Waals surface area contributed by atoms with Crippen molar-refractivity contribution in [2.24, 2.45) is 0 Å². The third-order valence-electron chi connectivity index (χ3n) is 7.49. The highest BCUT2D eigenvalue weighted by Gasteiger charge is 2.44. The van der Waals surface area contributed by atoms with Gasteiger partial charge in [-0.1, -0.05) is 37.1 Å². The fourth-order valence-electron chi connectivity index (χ4n) is 5.57. The number of nitrogens with one attached hydrogen (secondary N) is 3. The molecule has 0 aromatic heterocycles. The van der Waals surface area contributed by atoms with Crippen molar-refractivity contribution in [1.82, 2.24) is 20.9 Å². The van der Waals surface area contributed by atoms with Crippen LogP contribution in [-0.4, -0.2) is 54.5 Å². The van der Waals surface area contributed by atoms with E-state index in [4.69, 9.17) is 0 Å². The fraction of sp³-hybridized carbons (Fsp3) is 0.680. The second-order valence-electron chi connectivity index (χ2n) is 9.58. The molecule has 4 rings (SSSR count). The molecule has 3 N–H and O–H groups in total. The molecule has 0 bridgehead atoms. The molecule has 3 aliphatic rings. The zero-order valence-electron chi connectivity index (χ0n) is 19.0. The minimum Gasteiger partial charge on any atom is -0.347 e. The Morgan fingerprint density at radius 2 is 1.84 bits per heavy atom. The van der Waals surface area contributed by atoms with Gasteiger partial charge >= 0.3 is 0 Å².